The van der Waals surface area contributed by atoms with Crippen LogP contribution < -0.4 is 70.1 Å². The largest absolute Gasteiger partial charge is 1.00 e. The number of carboxylic acid groups (broad SMARTS) is 1. The van der Waals surface area contributed by atoms with E-state index in [1.165, 1.54) is 4.58 Å². The molecule has 17 nitrogen and oxygen atoms in total. The minimum atomic E-state index is -5.89. The van der Waals surface area contributed by atoms with E-state index in [-0.39, 0.29) is 52.9 Å². The number of aliphatic carboxylic acids is 1. The molecule has 1 aromatic rings. The van der Waals surface area contributed by atoms with Crippen LogP contribution in [-0.2, 0) is 27.5 Å². The second kappa shape index (κ2) is 10.6. The molecule has 3 heterocycles. The van der Waals surface area contributed by atoms with Gasteiger partial charge >= 0.3 is 35.0 Å². The van der Waals surface area contributed by atoms with E-state index in [4.69, 9.17) is 4.74 Å². The number of carbonyl (C=O) groups is 1. The van der Waals surface area contributed by atoms with Crippen molar-refractivity contribution in [2.24, 2.45) is 4.99 Å². The molecule has 1 saturated heterocycles. The second-order valence-corrected chi connectivity index (χ2v) is 8.91. The average Bonchev–Trinajstić information content (AvgIpc) is 3.19. The number of fused-ring (bicyclic) bond motifs is 1. The Morgan fingerprint density at radius 1 is 1.28 bits per heavy atom. The van der Waals surface area contributed by atoms with Gasteiger partial charge in [-0.2, -0.15) is 4.98 Å². The van der Waals surface area contributed by atoms with Crippen LogP contribution in [0.4, 0.5) is 5.82 Å². The van der Waals surface area contributed by atoms with E-state index in [0.29, 0.717) is 0 Å². The van der Waals surface area contributed by atoms with E-state index < -0.39 is 59.3 Å². The molecule has 0 amide bonds. The van der Waals surface area contributed by atoms with Crippen LogP contribution in [0.1, 0.15) is 0 Å². The summed E-state index contributed by atoms with van der Waals surface area (Å²) in [5.41, 5.74) is 0.116. The van der Waals surface area contributed by atoms with Crippen LogP contribution in [0.2, 0.25) is 0 Å². The van der Waals surface area contributed by atoms with E-state index in [0.717, 1.165) is 6.33 Å². The number of aliphatic hydroxyl groups is 2. The molecule has 3 rings (SSSR count). The zero-order chi connectivity index (χ0) is 23.0. The van der Waals surface area contributed by atoms with Gasteiger partial charge in [-0.05, 0) is 4.98 Å². The zero-order valence-electron chi connectivity index (χ0n) is 16.2. The molecule has 2 aliphatic heterocycles. The first-order valence-corrected chi connectivity index (χ1v) is 11.2. The van der Waals surface area contributed by atoms with Crippen molar-refractivity contribution in [1.29, 1.82) is 0 Å². The van der Waals surface area contributed by atoms with Gasteiger partial charge in [0.2, 0.25) is 12.6 Å². The Balaban J connectivity index is 0.00000363. The number of aliphatic hydroxyl groups excluding tert-OH is 2. The SMILES string of the molecule is O=C([O-])CNc1ncnc2c1=NC[N+]=2C1OC(COP(=O)([O-])OP(=O)([O-])[O-])C(O)C1O.[Na+]. The number of carboxylic acids is 1. The van der Waals surface area contributed by atoms with Crippen LogP contribution in [0.5, 0.6) is 0 Å². The third kappa shape index (κ3) is 6.57. The first-order valence-electron chi connectivity index (χ1n) is 8.31. The first-order chi connectivity index (χ1) is 14.4. The first kappa shape index (κ1) is 27.3. The Bertz CT molecular complexity index is 1080. The number of hydrogen-bond acceptors (Lipinski definition) is 16. The Kier molecular flexibility index (Phi) is 9.03. The van der Waals surface area contributed by atoms with E-state index in [1.807, 2.05) is 0 Å². The van der Waals surface area contributed by atoms with E-state index >= 15 is 0 Å². The number of aromatic nitrogens is 2. The standard InChI is InChI=1S/C12H17N5O12P2.Na/c18-6(19)1-13-10-7-11(15-3-14-10)17(4-16-7)12-9(21)8(20)5(28-12)2-27-31(25,26)29-30(22,23)24;/h3,5,8-9,12,20-21H,1-2,4H2,(H4,18,19,22,23,24,25,26);/q;+1/p-3. The number of ether oxygens (including phenoxy) is 1. The van der Waals surface area contributed by atoms with Crippen LogP contribution in [0, 0.1) is 0 Å². The summed E-state index contributed by atoms with van der Waals surface area (Å²) in [5.74, 6) is -1.33. The second-order valence-electron chi connectivity index (χ2n) is 6.21. The number of carbonyl (C=O) groups excluding carboxylic acids is 1. The maximum atomic E-state index is 11.4. The van der Waals surface area contributed by atoms with E-state index in [2.05, 4.69) is 29.1 Å². The van der Waals surface area contributed by atoms with Crippen molar-refractivity contribution in [3.8, 4) is 0 Å². The van der Waals surface area contributed by atoms with Crippen LogP contribution in [0.25, 0.3) is 0 Å². The molecule has 172 valence electrons. The molecule has 0 spiro atoms. The summed E-state index contributed by atoms with van der Waals surface area (Å²) in [6.45, 7) is -1.68. The normalized spacial score (nSPS) is 26.6. The van der Waals surface area contributed by atoms with Gasteiger partial charge in [-0.3, -0.25) is 8.88 Å². The van der Waals surface area contributed by atoms with Gasteiger partial charge in [-0.1, -0.05) is 0 Å². The summed E-state index contributed by atoms with van der Waals surface area (Å²) in [6.07, 6.45) is -4.98. The van der Waals surface area contributed by atoms with Crippen molar-refractivity contribution in [2.75, 3.05) is 25.1 Å². The molecule has 20 heteroatoms. The smallest absolute Gasteiger partial charge is 0.790 e. The monoisotopic (exact) mass is 505 g/mol. The van der Waals surface area contributed by atoms with Crippen LogP contribution in [-0.4, -0.2) is 70.5 Å². The number of phosphoric acid groups is 2. The van der Waals surface area contributed by atoms with Crippen LogP contribution in [0.15, 0.2) is 11.3 Å². The molecule has 0 radical (unpaired) electrons. The van der Waals surface area contributed by atoms with Crippen molar-refractivity contribution in [2.45, 2.75) is 24.5 Å². The van der Waals surface area contributed by atoms with Crippen LogP contribution in [0.3, 0.4) is 0 Å². The Morgan fingerprint density at radius 2 is 1.97 bits per heavy atom. The predicted molar refractivity (Wildman–Crippen MR) is 85.3 cm³/mol. The summed E-state index contributed by atoms with van der Waals surface area (Å²) < 4.78 is 36.0. The van der Waals surface area contributed by atoms with Gasteiger partial charge in [0.15, 0.2) is 17.8 Å². The quantitative estimate of drug-likeness (QED) is 0.160. The summed E-state index contributed by atoms with van der Waals surface area (Å²) in [5, 5.41) is 33.7. The number of rotatable bonds is 9. The van der Waals surface area contributed by atoms with Gasteiger partial charge in [0.05, 0.1) is 26.9 Å². The van der Waals surface area contributed by atoms with Gasteiger partial charge in [0, 0.05) is 0 Å². The number of anilines is 1. The van der Waals surface area contributed by atoms with Gasteiger partial charge in [-0.25, -0.2) is 9.57 Å². The minimum Gasteiger partial charge on any atom is -0.790 e. The summed E-state index contributed by atoms with van der Waals surface area (Å²) in [6, 6.07) is 0. The molecule has 1 fully saturated rings. The molecule has 5 atom stereocenters. The van der Waals surface area contributed by atoms with Gasteiger partial charge in [-0.15, -0.1) is 0 Å². The van der Waals surface area contributed by atoms with Gasteiger partial charge in [0.25, 0.3) is 7.82 Å². The molecule has 0 saturated carbocycles. The van der Waals surface area contributed by atoms with E-state index in [9.17, 15) is 43.9 Å². The van der Waals surface area contributed by atoms with Gasteiger partial charge in [0.1, 0.15) is 18.3 Å². The Hall–Kier alpha value is -0.910. The molecule has 0 bridgehead atoms. The topological polar surface area (TPSA) is 265 Å². The Morgan fingerprint density at radius 3 is 2.59 bits per heavy atom. The minimum absolute atomic E-state index is 0. The molecule has 32 heavy (non-hydrogen) atoms. The number of hydrogen-bond donors (Lipinski definition) is 3. The van der Waals surface area contributed by atoms with Crippen LogP contribution >= 0.6 is 15.6 Å². The fraction of sp³-hybridized carbons (Fsp3) is 0.583. The maximum Gasteiger partial charge on any atom is 1.00 e. The number of nitrogens with zero attached hydrogens (tertiary/aromatic N) is 4. The molecule has 3 N–H and O–H groups in total. The molecule has 1 aromatic heterocycles. The van der Waals surface area contributed by atoms with Crippen molar-refractivity contribution in [1.82, 2.24) is 14.5 Å². The van der Waals surface area contributed by atoms with Crippen molar-refractivity contribution in [3.63, 3.8) is 0 Å². The van der Waals surface area contributed by atoms with Gasteiger partial charge < -0.3 is 53.9 Å². The van der Waals surface area contributed by atoms with Crippen molar-refractivity contribution >= 4 is 27.4 Å². The third-order valence-electron chi connectivity index (χ3n) is 4.10. The fourth-order valence-corrected chi connectivity index (χ4v) is 4.36. The van der Waals surface area contributed by atoms with Crippen molar-refractivity contribution < 1.29 is 87.1 Å². The average molecular weight is 505 g/mol. The molecule has 2 aliphatic rings. The number of phosphoric ester groups is 1. The maximum absolute atomic E-state index is 11.4. The molecule has 0 aromatic carbocycles. The predicted octanol–water partition coefficient (Wildman–Crippen LogP) is -10.5. The molecular weight excluding hydrogens is 491 g/mol. The molecule has 0 aliphatic carbocycles. The summed E-state index contributed by atoms with van der Waals surface area (Å²) in [4.78, 5) is 54.8. The molecule has 5 unspecified atom stereocenters. The molecular formula is C12H14N5NaO12P2-2. The summed E-state index contributed by atoms with van der Waals surface area (Å²) >= 11 is 0. The Labute approximate surface area is 200 Å². The fourth-order valence-electron chi connectivity index (χ4n) is 2.86. The van der Waals surface area contributed by atoms with E-state index in [1.54, 1.807) is 0 Å². The number of nitrogens with one attached hydrogen (secondary N) is 1. The van der Waals surface area contributed by atoms with Crippen molar-refractivity contribution in [3.05, 3.63) is 17.2 Å². The summed E-state index contributed by atoms with van der Waals surface area (Å²) in [7, 11) is -11.5. The zero-order valence-corrected chi connectivity index (χ0v) is 20.0. The third-order valence-corrected chi connectivity index (χ3v) is 6.16.